The van der Waals surface area contributed by atoms with Crippen molar-refractivity contribution in [3.05, 3.63) is 52.9 Å². The number of nitrogen functional groups attached to an aromatic ring is 1. The summed E-state index contributed by atoms with van der Waals surface area (Å²) in [5.74, 6) is -0.843. The van der Waals surface area contributed by atoms with Gasteiger partial charge in [-0.2, -0.15) is 4.98 Å². The van der Waals surface area contributed by atoms with Crippen molar-refractivity contribution in [2.75, 3.05) is 18.5 Å². The van der Waals surface area contributed by atoms with Crippen molar-refractivity contribution in [1.29, 1.82) is 0 Å². The zero-order valence-electron chi connectivity index (χ0n) is 19.3. The van der Waals surface area contributed by atoms with E-state index in [0.29, 0.717) is 0 Å². The van der Waals surface area contributed by atoms with Gasteiger partial charge in [0.1, 0.15) is 23.7 Å². The lowest BCUT2D eigenvalue weighted by Crippen LogP contribution is -2.38. The van der Waals surface area contributed by atoms with Crippen LogP contribution in [-0.2, 0) is 18.6 Å². The van der Waals surface area contributed by atoms with E-state index in [0.717, 1.165) is 4.57 Å². The third-order valence-corrected chi connectivity index (χ3v) is 8.28. The van der Waals surface area contributed by atoms with E-state index in [9.17, 15) is 19.3 Å². The first-order valence-electron chi connectivity index (χ1n) is 11.0. The number of para-hydroxylation sites is 1. The van der Waals surface area contributed by atoms with Crippen molar-refractivity contribution < 1.29 is 32.6 Å². The van der Waals surface area contributed by atoms with Gasteiger partial charge in [0.25, 0.3) is 10.7 Å². The molecule has 0 amide bonds. The Morgan fingerprint density at radius 1 is 1.42 bits per heavy atom. The number of nitrogens with one attached hydrogen (secondary N) is 1. The molecule has 0 saturated carbocycles. The van der Waals surface area contributed by atoms with Crippen LogP contribution in [0.15, 0.2) is 47.4 Å². The number of alkyl halides is 2. The highest BCUT2D eigenvalue weighted by molar-refractivity contribution is 7.54. The molecule has 0 spiro atoms. The van der Waals surface area contributed by atoms with Crippen molar-refractivity contribution in [2.24, 2.45) is 5.92 Å². The summed E-state index contributed by atoms with van der Waals surface area (Å²) in [5, 5.41) is 7.84. The summed E-state index contributed by atoms with van der Waals surface area (Å²) in [7, 11) is -3.96. The van der Waals surface area contributed by atoms with Crippen LogP contribution in [0.5, 0.6) is 5.75 Å². The Hall–Kier alpha value is -2.76. The molecule has 4 N–H and O–H groups in total. The molecule has 36 heavy (non-hydrogen) atoms. The Balaban J connectivity index is 1.57. The molecular formula is C22H25ClFN4O7P. The average Bonchev–Trinajstić information content (AvgIpc) is 3.31. The number of ketones is 1. The van der Waals surface area contributed by atoms with Crippen molar-refractivity contribution in [1.82, 2.24) is 14.5 Å². The standard InChI is InChI=1S/C22H25ClFN4O7P/c1-12(13(2)29)11-36(32,35-14-6-4-3-5-7-14)33-10-16-17(30)22(23,24)20(34-16)28-9-8-15-18(28)26-21(25)27-19(15)31/h3-9,12,16-17,20,30H,10-11H2,1-2H3,(H3,25,26,27,31)/t12-,16-,17?,20-,22-,36?/m1/s1. The lowest BCUT2D eigenvalue weighted by molar-refractivity contribution is -0.119. The molecule has 2 unspecified atom stereocenters. The summed E-state index contributed by atoms with van der Waals surface area (Å²) in [6.45, 7) is 2.36. The molecular weight excluding hydrogens is 518 g/mol. The molecule has 3 heterocycles. The number of halogens is 2. The molecule has 194 valence electrons. The Morgan fingerprint density at radius 3 is 2.78 bits per heavy atom. The van der Waals surface area contributed by atoms with Gasteiger partial charge < -0.3 is 24.7 Å². The molecule has 4 rings (SSSR count). The first-order chi connectivity index (χ1) is 16.9. The minimum atomic E-state index is -3.96. The molecule has 14 heteroatoms. The zero-order valence-corrected chi connectivity index (χ0v) is 21.0. The summed E-state index contributed by atoms with van der Waals surface area (Å²) in [4.78, 5) is 30.3. The minimum absolute atomic E-state index is 0.00828. The number of anilines is 1. The van der Waals surface area contributed by atoms with E-state index in [1.165, 1.54) is 19.2 Å². The summed E-state index contributed by atoms with van der Waals surface area (Å²) in [6, 6.07) is 9.57. The number of aromatic amines is 1. The van der Waals surface area contributed by atoms with Gasteiger partial charge in [-0.3, -0.25) is 19.1 Å². The number of carbonyl (C=O) groups is 1. The van der Waals surface area contributed by atoms with Gasteiger partial charge in [0, 0.05) is 12.1 Å². The second-order valence-corrected chi connectivity index (χ2v) is 11.2. The molecule has 0 aliphatic carbocycles. The van der Waals surface area contributed by atoms with Crippen LogP contribution in [0.25, 0.3) is 11.0 Å². The Bertz CT molecular complexity index is 1370. The van der Waals surface area contributed by atoms with Crippen LogP contribution in [0, 0.1) is 5.92 Å². The SMILES string of the molecule is CC(=O)[C@H](C)CP(=O)(OC[C@H]1O[C@@H](n2ccc3c(=O)[nH]c(N)nc32)[C@@](F)(Cl)C1O)Oc1ccccc1. The number of Topliss-reactive ketones (excluding diaryl/α,β-unsaturated/α-hetero) is 1. The van der Waals surface area contributed by atoms with Crippen molar-refractivity contribution in [3.8, 4) is 5.75 Å². The largest absolute Gasteiger partial charge is 0.424 e. The monoisotopic (exact) mass is 542 g/mol. The second-order valence-electron chi connectivity index (χ2n) is 8.56. The molecule has 11 nitrogen and oxygen atoms in total. The molecule has 6 atom stereocenters. The van der Waals surface area contributed by atoms with E-state index in [1.807, 2.05) is 0 Å². The van der Waals surface area contributed by atoms with Crippen LogP contribution < -0.4 is 15.8 Å². The maximum absolute atomic E-state index is 15.5. The topological polar surface area (TPSA) is 159 Å². The van der Waals surface area contributed by atoms with Gasteiger partial charge in [0.2, 0.25) is 5.95 Å². The maximum atomic E-state index is 15.5. The third kappa shape index (κ3) is 5.18. The molecule has 0 radical (unpaired) electrons. The fourth-order valence-corrected chi connectivity index (χ4v) is 6.04. The molecule has 1 saturated heterocycles. The highest BCUT2D eigenvalue weighted by Crippen LogP contribution is 2.52. The number of benzene rings is 1. The number of carbonyl (C=O) groups excluding carboxylic acids is 1. The molecule has 1 aliphatic heterocycles. The number of nitrogens with zero attached hydrogens (tertiary/aromatic N) is 2. The van der Waals surface area contributed by atoms with Crippen molar-refractivity contribution in [2.45, 2.75) is 37.4 Å². The van der Waals surface area contributed by atoms with E-state index >= 15 is 4.39 Å². The smallest absolute Gasteiger partial charge is 0.379 e. The van der Waals surface area contributed by atoms with E-state index < -0.39 is 49.2 Å². The number of hydrogen-bond donors (Lipinski definition) is 3. The maximum Gasteiger partial charge on any atom is 0.379 e. The predicted molar refractivity (Wildman–Crippen MR) is 130 cm³/mol. The first kappa shape index (κ1) is 26.3. The Kier molecular flexibility index (Phi) is 7.27. The number of rotatable bonds is 9. The number of aliphatic hydroxyl groups excluding tert-OH is 1. The van der Waals surface area contributed by atoms with Crippen LogP contribution >= 0.6 is 19.2 Å². The van der Waals surface area contributed by atoms with Gasteiger partial charge in [-0.15, -0.1) is 0 Å². The van der Waals surface area contributed by atoms with E-state index in [4.69, 9.17) is 31.1 Å². The number of fused-ring (bicyclic) bond motifs is 1. The zero-order chi connectivity index (χ0) is 26.3. The van der Waals surface area contributed by atoms with Gasteiger partial charge in [0.15, 0.2) is 11.9 Å². The van der Waals surface area contributed by atoms with Crippen molar-refractivity contribution >= 4 is 42.0 Å². The van der Waals surface area contributed by atoms with Gasteiger partial charge >= 0.3 is 7.60 Å². The molecule has 1 aromatic carbocycles. The highest BCUT2D eigenvalue weighted by Gasteiger charge is 2.58. The third-order valence-electron chi connectivity index (χ3n) is 5.85. The van der Waals surface area contributed by atoms with Crippen LogP contribution in [0.1, 0.15) is 20.1 Å². The first-order valence-corrected chi connectivity index (χ1v) is 13.1. The highest BCUT2D eigenvalue weighted by atomic mass is 35.5. The molecule has 1 fully saturated rings. The molecule has 0 bridgehead atoms. The van der Waals surface area contributed by atoms with Crippen LogP contribution in [0.3, 0.4) is 0 Å². The van der Waals surface area contributed by atoms with Gasteiger partial charge in [-0.25, -0.2) is 8.96 Å². The number of H-pyrrole nitrogens is 1. The average molecular weight is 543 g/mol. The predicted octanol–water partition coefficient (Wildman–Crippen LogP) is 2.98. The summed E-state index contributed by atoms with van der Waals surface area (Å²) in [6.07, 6.45) is -3.86. The van der Waals surface area contributed by atoms with E-state index in [-0.39, 0.29) is 34.7 Å². The van der Waals surface area contributed by atoms with Gasteiger partial charge in [-0.05, 0) is 25.1 Å². The minimum Gasteiger partial charge on any atom is -0.424 e. The van der Waals surface area contributed by atoms with Gasteiger partial charge in [0.05, 0.1) is 18.2 Å². The van der Waals surface area contributed by atoms with Crippen LogP contribution in [-0.4, -0.2) is 55.5 Å². The lowest BCUT2D eigenvalue weighted by atomic mass is 10.1. The van der Waals surface area contributed by atoms with Gasteiger partial charge in [-0.1, -0.05) is 36.7 Å². The summed E-state index contributed by atoms with van der Waals surface area (Å²) in [5.41, 5.74) is 5.05. The number of aliphatic hydroxyl groups is 1. The Labute approximate surface area is 209 Å². The second kappa shape index (κ2) is 9.95. The van der Waals surface area contributed by atoms with Crippen LogP contribution in [0.4, 0.5) is 10.3 Å². The summed E-state index contributed by atoms with van der Waals surface area (Å²) >= 11 is 6.05. The number of aromatic nitrogens is 3. The van der Waals surface area contributed by atoms with E-state index in [1.54, 1.807) is 37.3 Å². The van der Waals surface area contributed by atoms with Crippen LogP contribution in [0.2, 0.25) is 0 Å². The normalized spacial score (nSPS) is 26.5. The fraction of sp³-hybridized carbons (Fsp3) is 0.409. The molecule has 2 aromatic heterocycles. The lowest BCUT2D eigenvalue weighted by Gasteiger charge is -2.24. The Morgan fingerprint density at radius 2 is 2.11 bits per heavy atom. The number of hydrogen-bond acceptors (Lipinski definition) is 9. The summed E-state index contributed by atoms with van der Waals surface area (Å²) < 4.78 is 47.0. The molecule has 3 aromatic rings. The fourth-order valence-electron chi connectivity index (χ4n) is 3.76. The van der Waals surface area contributed by atoms with E-state index in [2.05, 4.69) is 9.97 Å². The molecule has 1 aliphatic rings. The number of ether oxygens (including phenoxy) is 1. The number of nitrogens with two attached hydrogens (primary N) is 1. The quantitative estimate of drug-likeness (QED) is 0.273. The van der Waals surface area contributed by atoms with Crippen molar-refractivity contribution in [3.63, 3.8) is 0 Å².